The van der Waals surface area contributed by atoms with Gasteiger partial charge in [0.2, 0.25) is 11.8 Å². The van der Waals surface area contributed by atoms with E-state index in [0.717, 1.165) is 57.8 Å². The van der Waals surface area contributed by atoms with Gasteiger partial charge in [-0.25, -0.2) is 5.48 Å². The fourth-order valence-electron chi connectivity index (χ4n) is 11.1. The normalized spacial score (nSPS) is 48.4. The molecule has 9 atom stereocenters. The van der Waals surface area contributed by atoms with E-state index in [1.807, 2.05) is 0 Å². The number of ketones is 1. The summed E-state index contributed by atoms with van der Waals surface area (Å²) < 4.78 is 0. The second kappa shape index (κ2) is 8.90. The molecule has 5 aliphatic carbocycles. The molecule has 0 bridgehead atoms. The van der Waals surface area contributed by atoms with Crippen LogP contribution in [-0.2, 0) is 19.2 Å². The molecule has 0 spiro atoms. The van der Waals surface area contributed by atoms with E-state index >= 15 is 0 Å². The summed E-state index contributed by atoms with van der Waals surface area (Å²) >= 11 is 0. The van der Waals surface area contributed by atoms with Gasteiger partial charge in [-0.1, -0.05) is 54.0 Å². The van der Waals surface area contributed by atoms with Gasteiger partial charge in [0.05, 0.1) is 7.11 Å². The largest absolute Gasteiger partial charge is 0.353 e. The SMILES string of the molecule is CONC(=O)[C@@]1(C)CC[C@]2(C)CC[C@]3(C)C(=CC(=O)[C@@H]4[C@@]5(C)CC[C@H](NC(C)=O)C(C)(C)C5CC[C@]43C)[C@H]2C1. The van der Waals surface area contributed by atoms with Crippen LogP contribution >= 0.6 is 0 Å². The monoisotopic (exact) mass is 540 g/mol. The molecule has 0 aromatic rings. The van der Waals surface area contributed by atoms with Crippen molar-refractivity contribution in [2.24, 2.45) is 50.2 Å². The molecule has 5 rings (SSSR count). The lowest BCUT2D eigenvalue weighted by Crippen LogP contribution is -2.67. The van der Waals surface area contributed by atoms with Crippen molar-refractivity contribution in [2.75, 3.05) is 7.11 Å². The van der Waals surface area contributed by atoms with Crippen molar-refractivity contribution in [1.82, 2.24) is 10.8 Å². The van der Waals surface area contributed by atoms with Crippen molar-refractivity contribution in [3.8, 4) is 0 Å². The first-order valence-corrected chi connectivity index (χ1v) is 15.3. The number of fused-ring (bicyclic) bond motifs is 7. The van der Waals surface area contributed by atoms with E-state index in [4.69, 9.17) is 4.84 Å². The number of carbonyl (C=O) groups excluding carboxylic acids is 3. The van der Waals surface area contributed by atoms with Gasteiger partial charge in [0.15, 0.2) is 5.78 Å². The summed E-state index contributed by atoms with van der Waals surface area (Å²) in [4.78, 5) is 44.7. The Hall–Kier alpha value is -1.69. The maximum absolute atomic E-state index is 14.5. The van der Waals surface area contributed by atoms with Gasteiger partial charge in [0.25, 0.3) is 0 Å². The molecular weight excluding hydrogens is 488 g/mol. The smallest absolute Gasteiger partial charge is 0.249 e. The third-order valence-electron chi connectivity index (χ3n) is 13.7. The second-order valence-electron chi connectivity index (χ2n) is 16.0. The van der Waals surface area contributed by atoms with Gasteiger partial charge in [0, 0.05) is 24.3 Å². The van der Waals surface area contributed by atoms with Crippen molar-refractivity contribution in [2.45, 2.75) is 119 Å². The number of hydrogen-bond acceptors (Lipinski definition) is 4. The highest BCUT2D eigenvalue weighted by Gasteiger charge is 2.70. The summed E-state index contributed by atoms with van der Waals surface area (Å²) in [6.07, 6.45) is 10.9. The van der Waals surface area contributed by atoms with Crippen LogP contribution in [0.25, 0.3) is 0 Å². The minimum absolute atomic E-state index is 0.0221. The lowest BCUT2D eigenvalue weighted by Gasteiger charge is -2.70. The zero-order valence-corrected chi connectivity index (χ0v) is 25.9. The Morgan fingerprint density at radius 1 is 0.923 bits per heavy atom. The lowest BCUT2D eigenvalue weighted by atomic mass is 9.33. The number of carbonyl (C=O) groups is 3. The Kier molecular flexibility index (Phi) is 6.58. The van der Waals surface area contributed by atoms with Crippen molar-refractivity contribution in [3.05, 3.63) is 11.6 Å². The minimum Gasteiger partial charge on any atom is -0.353 e. The van der Waals surface area contributed by atoms with E-state index in [9.17, 15) is 14.4 Å². The summed E-state index contributed by atoms with van der Waals surface area (Å²) in [7, 11) is 1.50. The molecule has 5 aliphatic rings. The number of amides is 2. The molecular formula is C33H52N2O4. The third kappa shape index (κ3) is 3.85. The van der Waals surface area contributed by atoms with E-state index < -0.39 is 5.41 Å². The molecule has 0 radical (unpaired) electrons. The van der Waals surface area contributed by atoms with Gasteiger partial charge in [0.1, 0.15) is 0 Å². The van der Waals surface area contributed by atoms with Crippen LogP contribution in [0.15, 0.2) is 11.6 Å². The van der Waals surface area contributed by atoms with Gasteiger partial charge >= 0.3 is 0 Å². The molecule has 218 valence electrons. The Morgan fingerprint density at radius 2 is 1.59 bits per heavy atom. The number of nitrogens with one attached hydrogen (secondary N) is 2. The molecule has 2 N–H and O–H groups in total. The topological polar surface area (TPSA) is 84.5 Å². The minimum atomic E-state index is -0.504. The van der Waals surface area contributed by atoms with Gasteiger partial charge in [-0.2, -0.15) is 0 Å². The third-order valence-corrected chi connectivity index (χ3v) is 13.7. The van der Waals surface area contributed by atoms with E-state index in [1.165, 1.54) is 12.7 Å². The van der Waals surface area contributed by atoms with E-state index in [1.54, 1.807) is 6.92 Å². The van der Waals surface area contributed by atoms with Crippen LogP contribution in [-0.4, -0.2) is 30.7 Å². The summed E-state index contributed by atoms with van der Waals surface area (Å²) in [6.45, 7) is 18.0. The Balaban J connectivity index is 1.56. The van der Waals surface area contributed by atoms with Crippen molar-refractivity contribution in [3.63, 3.8) is 0 Å². The highest BCUT2D eigenvalue weighted by atomic mass is 16.6. The van der Waals surface area contributed by atoms with E-state index in [0.29, 0.717) is 11.7 Å². The molecule has 6 heteroatoms. The van der Waals surface area contributed by atoms with Crippen molar-refractivity contribution >= 4 is 17.6 Å². The molecule has 0 aliphatic heterocycles. The predicted molar refractivity (Wildman–Crippen MR) is 152 cm³/mol. The van der Waals surface area contributed by atoms with Gasteiger partial charge in [-0.3, -0.25) is 19.2 Å². The van der Waals surface area contributed by atoms with Crippen LogP contribution in [0.5, 0.6) is 0 Å². The van der Waals surface area contributed by atoms with Crippen molar-refractivity contribution < 1.29 is 19.2 Å². The lowest BCUT2D eigenvalue weighted by molar-refractivity contribution is -0.189. The Morgan fingerprint density at radius 3 is 2.23 bits per heavy atom. The first-order chi connectivity index (χ1) is 18.0. The quantitative estimate of drug-likeness (QED) is 0.421. The highest BCUT2D eigenvalue weighted by molar-refractivity contribution is 5.95. The van der Waals surface area contributed by atoms with Gasteiger partial charge in [-0.05, 0) is 103 Å². The maximum Gasteiger partial charge on any atom is 0.249 e. The van der Waals surface area contributed by atoms with Crippen LogP contribution in [0.4, 0.5) is 0 Å². The average molecular weight is 541 g/mol. The van der Waals surface area contributed by atoms with E-state index in [2.05, 4.69) is 65.3 Å². The first kappa shape index (κ1) is 28.8. The Labute approximate surface area is 235 Å². The fourth-order valence-corrected chi connectivity index (χ4v) is 11.1. The standard InChI is InChI=1S/C33H52N2O4/c1-20(36)34-25-11-12-31(6)24(28(25,2)3)10-13-33(8)26(31)23(37)18-21-22-19-30(5,27(38)35-39-9)15-14-29(22,4)16-17-32(21,33)7/h18,22,24-26H,10-17,19H2,1-9H3,(H,34,36)(H,35,38)/t22-,24?,25+,26-,29-,30+,31+,32-,33-/m1/s1. The van der Waals surface area contributed by atoms with Crippen molar-refractivity contribution in [1.29, 1.82) is 0 Å². The molecule has 0 aromatic heterocycles. The van der Waals surface area contributed by atoms with Crippen LogP contribution in [0.2, 0.25) is 0 Å². The summed E-state index contributed by atoms with van der Waals surface area (Å²) in [5.74, 6) is 0.875. The molecule has 39 heavy (non-hydrogen) atoms. The highest BCUT2D eigenvalue weighted by Crippen LogP contribution is 2.75. The number of rotatable bonds is 3. The summed E-state index contributed by atoms with van der Waals surface area (Å²) in [5.41, 5.74) is 3.17. The molecule has 1 unspecified atom stereocenters. The first-order valence-electron chi connectivity index (χ1n) is 15.3. The zero-order valence-electron chi connectivity index (χ0n) is 25.9. The average Bonchev–Trinajstić information content (AvgIpc) is 2.83. The molecule has 4 fully saturated rings. The molecule has 0 aromatic carbocycles. The molecule has 0 heterocycles. The van der Waals surface area contributed by atoms with Crippen LogP contribution in [0.1, 0.15) is 113 Å². The molecule has 4 saturated carbocycles. The second-order valence-corrected chi connectivity index (χ2v) is 16.0. The Bertz CT molecular complexity index is 1110. The molecule has 2 amide bonds. The number of hydrogen-bond donors (Lipinski definition) is 2. The predicted octanol–water partition coefficient (Wildman–Crippen LogP) is 6.15. The zero-order chi connectivity index (χ0) is 28.8. The van der Waals surface area contributed by atoms with E-state index in [-0.39, 0.29) is 56.8 Å². The summed E-state index contributed by atoms with van der Waals surface area (Å²) in [5, 5.41) is 3.25. The maximum atomic E-state index is 14.5. The fraction of sp³-hybridized carbons (Fsp3) is 0.848. The molecule has 6 nitrogen and oxygen atoms in total. The number of allylic oxidation sites excluding steroid dienone is 2. The van der Waals surface area contributed by atoms with Gasteiger partial charge in [-0.15, -0.1) is 0 Å². The molecule has 0 saturated heterocycles. The summed E-state index contributed by atoms with van der Waals surface area (Å²) in [6, 6.07) is 0.145. The van der Waals surface area contributed by atoms with Crippen LogP contribution < -0.4 is 10.8 Å². The van der Waals surface area contributed by atoms with Crippen LogP contribution in [0.3, 0.4) is 0 Å². The number of hydroxylamine groups is 1. The van der Waals surface area contributed by atoms with Crippen LogP contribution in [0, 0.1) is 50.2 Å². The van der Waals surface area contributed by atoms with Gasteiger partial charge < -0.3 is 5.32 Å².